The molecule has 3 heterocycles. The van der Waals surface area contributed by atoms with Gasteiger partial charge < -0.3 is 9.32 Å². The normalized spacial score (nSPS) is 14.4. The first-order valence-electron chi connectivity index (χ1n) is 7.70. The SMILES string of the molecule is Fc1cccc(N2CCCc3oc(-c4ccccn4)nc3C2)c1. The van der Waals surface area contributed by atoms with Gasteiger partial charge in [-0.25, -0.2) is 9.37 Å². The average molecular weight is 309 g/mol. The van der Waals surface area contributed by atoms with Crippen molar-refractivity contribution in [2.24, 2.45) is 0 Å². The molecule has 0 amide bonds. The Morgan fingerprint density at radius 3 is 2.91 bits per heavy atom. The van der Waals surface area contributed by atoms with Crippen LogP contribution in [-0.2, 0) is 13.0 Å². The van der Waals surface area contributed by atoms with Gasteiger partial charge in [0.25, 0.3) is 0 Å². The molecular weight excluding hydrogens is 293 g/mol. The number of fused-ring (bicyclic) bond motifs is 1. The predicted octanol–water partition coefficient (Wildman–Crippen LogP) is 3.83. The lowest BCUT2D eigenvalue weighted by molar-refractivity contribution is 0.511. The minimum atomic E-state index is -0.221. The van der Waals surface area contributed by atoms with E-state index >= 15 is 0 Å². The maximum atomic E-state index is 13.5. The van der Waals surface area contributed by atoms with Crippen molar-refractivity contribution in [2.75, 3.05) is 11.4 Å². The molecular formula is C18H16FN3O. The van der Waals surface area contributed by atoms with Gasteiger partial charge in [-0.05, 0) is 36.8 Å². The van der Waals surface area contributed by atoms with Crippen LogP contribution in [0, 0.1) is 5.82 Å². The Hall–Kier alpha value is -2.69. The highest BCUT2D eigenvalue weighted by atomic mass is 19.1. The second-order valence-electron chi connectivity index (χ2n) is 5.61. The highest BCUT2D eigenvalue weighted by Gasteiger charge is 2.21. The quantitative estimate of drug-likeness (QED) is 0.721. The fourth-order valence-electron chi connectivity index (χ4n) is 2.88. The first-order chi connectivity index (χ1) is 11.3. The first kappa shape index (κ1) is 13.9. The molecule has 4 nitrogen and oxygen atoms in total. The van der Waals surface area contributed by atoms with Gasteiger partial charge in [-0.15, -0.1) is 0 Å². The van der Waals surface area contributed by atoms with E-state index in [4.69, 9.17) is 4.42 Å². The molecule has 0 fully saturated rings. The molecule has 0 saturated heterocycles. The summed E-state index contributed by atoms with van der Waals surface area (Å²) in [5, 5.41) is 0. The van der Waals surface area contributed by atoms with Gasteiger partial charge in [0.1, 0.15) is 23.0 Å². The molecule has 1 aromatic carbocycles. The number of oxazole rings is 1. The lowest BCUT2D eigenvalue weighted by Crippen LogP contribution is -2.22. The number of nitrogens with zero attached hydrogens (tertiary/aromatic N) is 3. The van der Waals surface area contributed by atoms with Crippen LogP contribution in [0.3, 0.4) is 0 Å². The van der Waals surface area contributed by atoms with Crippen molar-refractivity contribution >= 4 is 5.69 Å². The molecule has 116 valence electrons. The molecule has 0 spiro atoms. The second kappa shape index (κ2) is 5.83. The van der Waals surface area contributed by atoms with Crippen LogP contribution in [0.4, 0.5) is 10.1 Å². The zero-order valence-corrected chi connectivity index (χ0v) is 12.6. The summed E-state index contributed by atoms with van der Waals surface area (Å²) >= 11 is 0. The van der Waals surface area contributed by atoms with Crippen LogP contribution in [0.25, 0.3) is 11.6 Å². The summed E-state index contributed by atoms with van der Waals surface area (Å²) in [6, 6.07) is 12.3. The Labute approximate surface area is 133 Å². The summed E-state index contributed by atoms with van der Waals surface area (Å²) in [5.41, 5.74) is 2.52. The molecule has 0 N–H and O–H groups in total. The minimum Gasteiger partial charge on any atom is -0.440 e. The molecule has 4 rings (SSSR count). The third kappa shape index (κ3) is 2.82. The molecule has 0 bridgehead atoms. The third-order valence-electron chi connectivity index (χ3n) is 4.01. The Bertz CT molecular complexity index is 816. The summed E-state index contributed by atoms with van der Waals surface area (Å²) in [7, 11) is 0. The summed E-state index contributed by atoms with van der Waals surface area (Å²) in [4.78, 5) is 11.0. The van der Waals surface area contributed by atoms with E-state index < -0.39 is 0 Å². The van der Waals surface area contributed by atoms with E-state index in [0.29, 0.717) is 12.4 Å². The highest BCUT2D eigenvalue weighted by Crippen LogP contribution is 2.27. The number of hydrogen-bond acceptors (Lipinski definition) is 4. The summed E-state index contributed by atoms with van der Waals surface area (Å²) in [5.74, 6) is 1.24. The molecule has 0 atom stereocenters. The smallest absolute Gasteiger partial charge is 0.245 e. The van der Waals surface area contributed by atoms with E-state index in [0.717, 1.165) is 42.2 Å². The topological polar surface area (TPSA) is 42.2 Å². The Kier molecular flexibility index (Phi) is 3.54. The van der Waals surface area contributed by atoms with Crippen molar-refractivity contribution in [3.8, 4) is 11.6 Å². The first-order valence-corrected chi connectivity index (χ1v) is 7.70. The van der Waals surface area contributed by atoms with Crippen LogP contribution in [0.15, 0.2) is 53.1 Å². The largest absolute Gasteiger partial charge is 0.440 e. The Morgan fingerprint density at radius 1 is 1.13 bits per heavy atom. The van der Waals surface area contributed by atoms with Crippen LogP contribution >= 0.6 is 0 Å². The van der Waals surface area contributed by atoms with E-state index in [1.165, 1.54) is 6.07 Å². The van der Waals surface area contributed by atoms with Gasteiger partial charge in [0.05, 0.1) is 6.54 Å². The Morgan fingerprint density at radius 2 is 2.09 bits per heavy atom. The van der Waals surface area contributed by atoms with Gasteiger partial charge in [-0.2, -0.15) is 0 Å². The molecule has 0 radical (unpaired) electrons. The third-order valence-corrected chi connectivity index (χ3v) is 4.01. The van der Waals surface area contributed by atoms with E-state index in [1.807, 2.05) is 24.3 Å². The van der Waals surface area contributed by atoms with Gasteiger partial charge in [0, 0.05) is 24.8 Å². The maximum Gasteiger partial charge on any atom is 0.245 e. The number of aryl methyl sites for hydroxylation is 1. The predicted molar refractivity (Wildman–Crippen MR) is 85.5 cm³/mol. The molecule has 3 aromatic rings. The van der Waals surface area contributed by atoms with Gasteiger partial charge in [-0.3, -0.25) is 4.98 Å². The number of hydrogen-bond donors (Lipinski definition) is 0. The van der Waals surface area contributed by atoms with E-state index in [9.17, 15) is 4.39 Å². The van der Waals surface area contributed by atoms with Crippen LogP contribution in [0.1, 0.15) is 17.9 Å². The van der Waals surface area contributed by atoms with Crippen LogP contribution in [0.5, 0.6) is 0 Å². The summed E-state index contributed by atoms with van der Waals surface area (Å²) < 4.78 is 19.4. The molecule has 0 aliphatic carbocycles. The molecule has 5 heteroatoms. The molecule has 2 aromatic heterocycles. The lowest BCUT2D eigenvalue weighted by atomic mass is 10.2. The zero-order valence-electron chi connectivity index (χ0n) is 12.6. The molecule has 1 aliphatic heterocycles. The lowest BCUT2D eigenvalue weighted by Gasteiger charge is -2.22. The van der Waals surface area contributed by atoms with E-state index in [1.54, 1.807) is 18.3 Å². The Balaban J connectivity index is 1.65. The molecule has 1 aliphatic rings. The number of pyridine rings is 1. The fourth-order valence-corrected chi connectivity index (χ4v) is 2.88. The van der Waals surface area contributed by atoms with Gasteiger partial charge in [0.2, 0.25) is 5.89 Å². The number of rotatable bonds is 2. The van der Waals surface area contributed by atoms with Gasteiger partial charge >= 0.3 is 0 Å². The van der Waals surface area contributed by atoms with E-state index in [2.05, 4.69) is 14.9 Å². The number of benzene rings is 1. The van der Waals surface area contributed by atoms with Crippen molar-refractivity contribution < 1.29 is 8.81 Å². The fraction of sp³-hybridized carbons (Fsp3) is 0.222. The molecule has 23 heavy (non-hydrogen) atoms. The van der Waals surface area contributed by atoms with Crippen LogP contribution < -0.4 is 4.90 Å². The summed E-state index contributed by atoms with van der Waals surface area (Å²) in [6.45, 7) is 1.48. The van der Waals surface area contributed by atoms with Crippen LogP contribution in [-0.4, -0.2) is 16.5 Å². The average Bonchev–Trinajstić information content (AvgIpc) is 2.87. The highest BCUT2D eigenvalue weighted by molar-refractivity contribution is 5.50. The molecule has 0 unspecified atom stereocenters. The van der Waals surface area contributed by atoms with Crippen molar-refractivity contribution in [2.45, 2.75) is 19.4 Å². The summed E-state index contributed by atoms with van der Waals surface area (Å²) in [6.07, 6.45) is 3.51. The maximum absolute atomic E-state index is 13.5. The second-order valence-corrected chi connectivity index (χ2v) is 5.61. The van der Waals surface area contributed by atoms with Crippen LogP contribution in [0.2, 0.25) is 0 Å². The molecule has 0 saturated carbocycles. The van der Waals surface area contributed by atoms with Crippen molar-refractivity contribution in [1.82, 2.24) is 9.97 Å². The minimum absolute atomic E-state index is 0.221. The standard InChI is InChI=1S/C18H16FN3O/c19-13-5-3-6-14(11-13)22-10-4-8-17-16(12-22)21-18(23-17)15-7-1-2-9-20-15/h1-3,5-7,9,11H,4,8,10,12H2. The monoisotopic (exact) mass is 309 g/mol. The zero-order chi connectivity index (χ0) is 15.6. The van der Waals surface area contributed by atoms with Gasteiger partial charge in [0.15, 0.2) is 0 Å². The van der Waals surface area contributed by atoms with Crippen molar-refractivity contribution in [3.63, 3.8) is 0 Å². The number of halogens is 1. The van der Waals surface area contributed by atoms with Gasteiger partial charge in [-0.1, -0.05) is 12.1 Å². The van der Waals surface area contributed by atoms with E-state index in [-0.39, 0.29) is 5.82 Å². The van der Waals surface area contributed by atoms with Crippen molar-refractivity contribution in [3.05, 3.63) is 65.9 Å². The van der Waals surface area contributed by atoms with Crippen molar-refractivity contribution in [1.29, 1.82) is 0 Å². The number of aromatic nitrogens is 2. The number of anilines is 1.